The summed E-state index contributed by atoms with van der Waals surface area (Å²) >= 11 is 0. The van der Waals surface area contributed by atoms with Crippen LogP contribution >= 0.6 is 0 Å². The zero-order valence-corrected chi connectivity index (χ0v) is 35.3. The Morgan fingerprint density at radius 1 is 0.508 bits per heavy atom. The maximum atomic E-state index is 7.56. The molecule has 0 amide bonds. The number of benzene rings is 7. The molecule has 0 saturated heterocycles. The fraction of sp³-hybridized carbons (Fsp3) is 0.189. The molecule has 2 aromatic heterocycles. The standard InChI is InChI=1S/C53H47N3OSi2/c1-3-20-39(21-4-1)58(40-22-5-2-6-23-40,43-28-17-19-38(37-43)55-46-31-13-14-32-47(46)56-45-30-12-11-29-44(45)54-53(55)56)50-35-18-36-51-52(50)57-48-33-15-16-34-49(48)59(51,41-24-7-8-25-41)42-26-9-10-27-42/h1-6,11-23,28-37,41-42H,7-10,24-27H2. The van der Waals surface area contributed by atoms with Crippen LogP contribution in [-0.4, -0.2) is 30.1 Å². The lowest BCUT2D eigenvalue weighted by molar-refractivity contribution is 0.488. The van der Waals surface area contributed by atoms with Crippen LogP contribution in [0.25, 0.3) is 33.5 Å². The molecule has 7 aromatic carbocycles. The molecule has 288 valence electrons. The molecule has 0 atom stereocenters. The minimum atomic E-state index is -3.10. The van der Waals surface area contributed by atoms with E-state index >= 15 is 0 Å². The molecule has 2 aliphatic carbocycles. The zero-order chi connectivity index (χ0) is 39.0. The van der Waals surface area contributed by atoms with Crippen molar-refractivity contribution >= 4 is 75.1 Å². The topological polar surface area (TPSA) is 31.5 Å². The van der Waals surface area contributed by atoms with Crippen molar-refractivity contribution < 1.29 is 4.74 Å². The maximum absolute atomic E-state index is 7.56. The second kappa shape index (κ2) is 13.8. The molecule has 0 N–H and O–H groups in total. The highest BCUT2D eigenvalue weighted by Gasteiger charge is 2.57. The Kier molecular flexibility index (Phi) is 8.21. The fourth-order valence-corrected chi connectivity index (χ4v) is 24.4. The normalized spacial score (nSPS) is 16.7. The number of rotatable bonds is 7. The SMILES string of the molecule is c1ccc([Si](c2ccccc2)(c2cccc(-n3c4ccccc4n4c5ccccc5nc34)c2)c2cccc3c2Oc2ccccc2[Si]3(C2CCCC2)C2CCCC2)cc1. The van der Waals surface area contributed by atoms with Crippen LogP contribution in [0.5, 0.6) is 11.5 Å². The van der Waals surface area contributed by atoms with Crippen molar-refractivity contribution in [3.8, 4) is 17.2 Å². The van der Waals surface area contributed by atoms with Gasteiger partial charge in [0, 0.05) is 5.69 Å². The number of aromatic nitrogens is 3. The second-order valence-electron chi connectivity index (χ2n) is 17.2. The van der Waals surface area contributed by atoms with Crippen molar-refractivity contribution in [1.29, 1.82) is 0 Å². The highest BCUT2D eigenvalue weighted by atomic mass is 28.3. The Morgan fingerprint density at radius 2 is 1.07 bits per heavy atom. The van der Waals surface area contributed by atoms with Crippen LogP contribution in [0.4, 0.5) is 0 Å². The molecule has 0 radical (unpaired) electrons. The molecular formula is C53H47N3OSi2. The van der Waals surface area contributed by atoms with Crippen LogP contribution in [0.15, 0.2) is 176 Å². The molecule has 9 aromatic rings. The lowest BCUT2D eigenvalue weighted by Crippen LogP contribution is -2.76. The van der Waals surface area contributed by atoms with E-state index in [4.69, 9.17) is 9.72 Å². The van der Waals surface area contributed by atoms with E-state index in [1.165, 1.54) is 72.1 Å². The third kappa shape index (κ3) is 5.03. The van der Waals surface area contributed by atoms with Gasteiger partial charge in [-0.2, -0.15) is 0 Å². The van der Waals surface area contributed by atoms with Crippen LogP contribution in [0.1, 0.15) is 51.4 Å². The van der Waals surface area contributed by atoms with Gasteiger partial charge in [0.2, 0.25) is 5.78 Å². The first-order chi connectivity index (χ1) is 29.3. The second-order valence-corrected chi connectivity index (χ2v) is 25.4. The Bertz CT molecular complexity index is 2960. The first-order valence-corrected chi connectivity index (χ1v) is 25.9. The van der Waals surface area contributed by atoms with Gasteiger partial charge in [0.1, 0.15) is 19.6 Å². The number of hydrogen-bond donors (Lipinski definition) is 0. The smallest absolute Gasteiger partial charge is 0.220 e. The molecule has 1 aliphatic heterocycles. The third-order valence-electron chi connectivity index (χ3n) is 14.5. The van der Waals surface area contributed by atoms with E-state index in [9.17, 15) is 0 Å². The predicted molar refractivity (Wildman–Crippen MR) is 249 cm³/mol. The van der Waals surface area contributed by atoms with E-state index in [0.717, 1.165) is 56.1 Å². The van der Waals surface area contributed by atoms with Gasteiger partial charge < -0.3 is 4.74 Å². The van der Waals surface area contributed by atoms with Crippen molar-refractivity contribution in [3.63, 3.8) is 0 Å². The van der Waals surface area contributed by atoms with Gasteiger partial charge in [0.25, 0.3) is 0 Å². The van der Waals surface area contributed by atoms with Crippen molar-refractivity contribution in [1.82, 2.24) is 14.0 Å². The summed E-state index contributed by atoms with van der Waals surface area (Å²) in [5, 5.41) is 8.55. The Morgan fingerprint density at radius 3 is 1.78 bits per heavy atom. The van der Waals surface area contributed by atoms with Crippen molar-refractivity contribution in [2.75, 3.05) is 0 Å². The van der Waals surface area contributed by atoms with Gasteiger partial charge in [-0.15, -0.1) is 0 Å². The molecule has 4 nitrogen and oxygen atoms in total. The molecule has 59 heavy (non-hydrogen) atoms. The van der Waals surface area contributed by atoms with Gasteiger partial charge in [-0.1, -0.05) is 185 Å². The number of hydrogen-bond acceptors (Lipinski definition) is 2. The Balaban J connectivity index is 1.18. The van der Waals surface area contributed by atoms with Gasteiger partial charge in [-0.25, -0.2) is 4.98 Å². The summed E-state index contributed by atoms with van der Waals surface area (Å²) in [5.74, 6) is 3.20. The lowest BCUT2D eigenvalue weighted by atomic mass is 10.2. The molecule has 3 heterocycles. The van der Waals surface area contributed by atoms with Gasteiger partial charge in [-0.3, -0.25) is 8.97 Å². The van der Waals surface area contributed by atoms with Gasteiger partial charge in [0.05, 0.1) is 22.1 Å². The lowest BCUT2D eigenvalue weighted by Gasteiger charge is -2.48. The fourth-order valence-electron chi connectivity index (χ4n) is 12.2. The van der Waals surface area contributed by atoms with Crippen molar-refractivity contribution in [2.45, 2.75) is 62.4 Å². The van der Waals surface area contributed by atoms with Crippen LogP contribution in [0, 0.1) is 0 Å². The molecule has 0 bridgehead atoms. The van der Waals surface area contributed by atoms with Crippen LogP contribution in [0.2, 0.25) is 11.1 Å². The van der Waals surface area contributed by atoms with Crippen LogP contribution in [-0.2, 0) is 0 Å². The first kappa shape index (κ1) is 35.0. The Hall–Kier alpha value is -5.96. The third-order valence-corrected chi connectivity index (χ3v) is 25.6. The number of ether oxygens (including phenoxy) is 1. The first-order valence-electron chi connectivity index (χ1n) is 21.8. The average molecular weight is 798 g/mol. The van der Waals surface area contributed by atoms with E-state index in [-0.39, 0.29) is 0 Å². The van der Waals surface area contributed by atoms with Crippen LogP contribution < -0.4 is 35.9 Å². The van der Waals surface area contributed by atoms with E-state index in [0.29, 0.717) is 0 Å². The molecule has 6 heteroatoms. The predicted octanol–water partition coefficient (Wildman–Crippen LogP) is 9.37. The molecular weight excluding hydrogens is 751 g/mol. The molecule has 12 rings (SSSR count). The summed E-state index contributed by atoms with van der Waals surface area (Å²) < 4.78 is 12.3. The minimum absolute atomic E-state index is 0.729. The van der Waals surface area contributed by atoms with E-state index in [1.807, 2.05) is 0 Å². The number of fused-ring (bicyclic) bond motifs is 7. The van der Waals surface area contributed by atoms with Gasteiger partial charge in [-0.05, 0) is 84.7 Å². The van der Waals surface area contributed by atoms with Crippen LogP contribution in [0.3, 0.4) is 0 Å². The summed E-state index contributed by atoms with van der Waals surface area (Å²) in [4.78, 5) is 5.29. The summed E-state index contributed by atoms with van der Waals surface area (Å²) in [5.41, 5.74) is 6.99. The van der Waals surface area contributed by atoms with Gasteiger partial charge >= 0.3 is 0 Å². The number of imidazole rings is 2. The number of nitrogens with zero attached hydrogens (tertiary/aromatic N) is 3. The summed E-state index contributed by atoms with van der Waals surface area (Å²) in [6.45, 7) is 0. The average Bonchev–Trinajstić information content (AvgIpc) is 4.14. The zero-order valence-electron chi connectivity index (χ0n) is 33.3. The van der Waals surface area contributed by atoms with Crippen molar-refractivity contribution in [2.24, 2.45) is 0 Å². The van der Waals surface area contributed by atoms with E-state index < -0.39 is 16.1 Å². The van der Waals surface area contributed by atoms with E-state index in [2.05, 4.69) is 185 Å². The Labute approximate surface area is 347 Å². The highest BCUT2D eigenvalue weighted by Crippen LogP contribution is 2.52. The molecule has 2 fully saturated rings. The largest absolute Gasteiger partial charge is 0.458 e. The summed E-state index contributed by atoms with van der Waals surface area (Å²) in [7, 11) is -5.42. The van der Waals surface area contributed by atoms with E-state index in [1.54, 1.807) is 10.4 Å². The molecule has 0 spiro atoms. The quantitative estimate of drug-likeness (QED) is 0.119. The summed E-state index contributed by atoms with van der Waals surface area (Å²) in [6.07, 6.45) is 10.7. The minimum Gasteiger partial charge on any atom is -0.458 e. The van der Waals surface area contributed by atoms with Gasteiger partial charge in [0.15, 0.2) is 8.07 Å². The maximum Gasteiger partial charge on any atom is 0.220 e. The number of para-hydroxylation sites is 6. The summed E-state index contributed by atoms with van der Waals surface area (Å²) in [6, 6.07) is 66.3. The monoisotopic (exact) mass is 797 g/mol. The molecule has 2 saturated carbocycles. The molecule has 3 aliphatic rings. The van der Waals surface area contributed by atoms with Crippen molar-refractivity contribution in [3.05, 3.63) is 176 Å². The highest BCUT2D eigenvalue weighted by molar-refractivity contribution is 7.20. The molecule has 0 unspecified atom stereocenters.